The van der Waals surface area contributed by atoms with Crippen molar-refractivity contribution in [3.8, 4) is 22.8 Å². The van der Waals surface area contributed by atoms with E-state index < -0.39 is 0 Å². The summed E-state index contributed by atoms with van der Waals surface area (Å²) in [5, 5.41) is 18.0. The zero-order valence-electron chi connectivity index (χ0n) is 21.2. The van der Waals surface area contributed by atoms with Gasteiger partial charge in [-0.05, 0) is 25.7 Å². The maximum Gasteiger partial charge on any atom is 2.00 e. The van der Waals surface area contributed by atoms with Crippen LogP contribution >= 0.6 is 0 Å². The van der Waals surface area contributed by atoms with Crippen LogP contribution in [0.15, 0.2) is 71.0 Å². The van der Waals surface area contributed by atoms with Crippen LogP contribution in [0.25, 0.3) is 22.8 Å². The molecule has 0 saturated heterocycles. The molecule has 37 heavy (non-hydrogen) atoms. The standard InChI is InChI=1S/2C14H17N3S.Cd/c2*18-14-16-15-13(11-7-3-1-4-8-11)17(14)12-9-5-2-6-10-12;/h2*1,3-4,7-8,12H,2,5-6,9-10H2,(H,16,18);/q;;+2/p-2. The molecule has 2 saturated carbocycles. The van der Waals surface area contributed by atoms with Gasteiger partial charge in [0.05, 0.1) is 0 Å². The maximum absolute atomic E-state index is 5.34. The van der Waals surface area contributed by atoms with Crippen molar-refractivity contribution in [3.63, 3.8) is 0 Å². The number of hydrogen-bond donors (Lipinski definition) is 0. The molecule has 188 valence electrons. The van der Waals surface area contributed by atoms with Crippen LogP contribution in [0.3, 0.4) is 0 Å². The van der Waals surface area contributed by atoms with Crippen molar-refractivity contribution < 1.29 is 27.3 Å². The van der Waals surface area contributed by atoms with Gasteiger partial charge in [0.15, 0.2) is 11.6 Å². The first-order valence-corrected chi connectivity index (χ1v) is 13.9. The van der Waals surface area contributed by atoms with Crippen LogP contribution in [0.2, 0.25) is 0 Å². The predicted octanol–water partition coefficient (Wildman–Crippen LogP) is 6.71. The molecule has 2 aliphatic carbocycles. The van der Waals surface area contributed by atoms with Gasteiger partial charge >= 0.3 is 27.3 Å². The molecular formula is C28H32CdN6S2. The van der Waals surface area contributed by atoms with Crippen LogP contribution in [-0.2, 0) is 52.6 Å². The Labute approximate surface area is 250 Å². The molecular weight excluding hydrogens is 597 g/mol. The Morgan fingerprint density at radius 2 is 0.865 bits per heavy atom. The summed E-state index contributed by atoms with van der Waals surface area (Å²) >= 11 is 10.7. The van der Waals surface area contributed by atoms with E-state index >= 15 is 0 Å². The molecule has 0 atom stereocenters. The van der Waals surface area contributed by atoms with Crippen molar-refractivity contribution in [1.29, 1.82) is 0 Å². The molecule has 2 aliphatic rings. The van der Waals surface area contributed by atoms with Gasteiger partial charge in [0, 0.05) is 33.5 Å². The van der Waals surface area contributed by atoms with E-state index in [0.29, 0.717) is 22.4 Å². The van der Waals surface area contributed by atoms with Gasteiger partial charge in [0.1, 0.15) is 0 Å². The minimum Gasteiger partial charge on any atom is -0.740 e. The fourth-order valence-corrected chi connectivity index (χ4v) is 6.01. The van der Waals surface area contributed by atoms with E-state index in [0.717, 1.165) is 22.8 Å². The SMILES string of the molecule is [Cd+2].[S-]c1nnc(-c2ccccc2)n1C1CCCCC1.[S-]c1nnc(-c2ccccc2)n1C1CCCCC1. The van der Waals surface area contributed by atoms with E-state index in [1.165, 1.54) is 64.2 Å². The van der Waals surface area contributed by atoms with Crippen molar-refractivity contribution in [2.24, 2.45) is 0 Å². The average molecular weight is 629 g/mol. The Bertz CT molecular complexity index is 1130. The molecule has 2 fully saturated rings. The van der Waals surface area contributed by atoms with E-state index in [4.69, 9.17) is 25.3 Å². The Morgan fingerprint density at radius 1 is 0.514 bits per heavy atom. The molecule has 0 aliphatic heterocycles. The van der Waals surface area contributed by atoms with Gasteiger partial charge < -0.3 is 34.4 Å². The van der Waals surface area contributed by atoms with Gasteiger partial charge in [-0.25, -0.2) is 0 Å². The minimum absolute atomic E-state index is 0. The quantitative estimate of drug-likeness (QED) is 0.185. The molecule has 2 aromatic heterocycles. The second kappa shape index (κ2) is 13.8. The van der Waals surface area contributed by atoms with Gasteiger partial charge in [-0.1, -0.05) is 99.2 Å². The van der Waals surface area contributed by atoms with Crippen LogP contribution < -0.4 is 0 Å². The van der Waals surface area contributed by atoms with Gasteiger partial charge in [0.2, 0.25) is 0 Å². The summed E-state index contributed by atoms with van der Waals surface area (Å²) in [4.78, 5) is 0. The molecule has 2 heterocycles. The number of aromatic nitrogens is 6. The number of rotatable bonds is 4. The molecule has 0 radical (unpaired) electrons. The Kier molecular flexibility index (Phi) is 10.4. The van der Waals surface area contributed by atoms with E-state index in [1.807, 2.05) is 36.4 Å². The summed E-state index contributed by atoms with van der Waals surface area (Å²) in [6.07, 6.45) is 12.6. The topological polar surface area (TPSA) is 61.4 Å². The third kappa shape index (κ3) is 6.75. The number of nitrogens with zero attached hydrogens (tertiary/aromatic N) is 6. The van der Waals surface area contributed by atoms with Crippen LogP contribution in [0.5, 0.6) is 0 Å². The third-order valence-corrected chi connectivity index (χ3v) is 7.83. The Hall–Kier alpha value is -1.92. The summed E-state index contributed by atoms with van der Waals surface area (Å²) < 4.78 is 4.31. The third-order valence-electron chi connectivity index (χ3n) is 7.27. The molecule has 9 heteroatoms. The Morgan fingerprint density at radius 3 is 1.22 bits per heavy atom. The second-order valence-corrected chi connectivity index (χ2v) is 10.4. The van der Waals surface area contributed by atoms with Gasteiger partial charge in [0.25, 0.3) is 0 Å². The number of benzene rings is 2. The minimum atomic E-state index is 0. The summed E-state index contributed by atoms with van der Waals surface area (Å²) in [6.45, 7) is 0. The van der Waals surface area contributed by atoms with E-state index in [-0.39, 0.29) is 27.3 Å². The van der Waals surface area contributed by atoms with E-state index in [1.54, 1.807) is 0 Å². The normalized spacial score (nSPS) is 16.4. The van der Waals surface area contributed by atoms with Crippen molar-refractivity contribution >= 4 is 25.3 Å². The molecule has 6 rings (SSSR count). The number of hydrogen-bond acceptors (Lipinski definition) is 6. The predicted molar refractivity (Wildman–Crippen MR) is 146 cm³/mol. The van der Waals surface area contributed by atoms with Gasteiger partial charge in [-0.3, -0.25) is 0 Å². The van der Waals surface area contributed by atoms with Crippen molar-refractivity contribution in [2.45, 2.75) is 86.6 Å². The molecule has 0 bridgehead atoms. The molecule has 0 N–H and O–H groups in total. The fourth-order valence-electron chi connectivity index (χ4n) is 5.46. The monoisotopic (exact) mass is 630 g/mol. The molecule has 2 aromatic carbocycles. The second-order valence-electron chi connectivity index (χ2n) is 9.67. The largest absolute Gasteiger partial charge is 2.00 e. The van der Waals surface area contributed by atoms with Crippen LogP contribution in [0.1, 0.15) is 76.3 Å². The summed E-state index contributed by atoms with van der Waals surface area (Å²) in [6, 6.07) is 21.4. The summed E-state index contributed by atoms with van der Waals surface area (Å²) in [7, 11) is 0. The first-order valence-electron chi connectivity index (χ1n) is 13.1. The first-order chi connectivity index (χ1) is 17.7. The first kappa shape index (κ1) is 28.1. The van der Waals surface area contributed by atoms with Crippen LogP contribution in [-0.4, -0.2) is 29.5 Å². The van der Waals surface area contributed by atoms with Crippen molar-refractivity contribution in [2.75, 3.05) is 0 Å². The van der Waals surface area contributed by atoms with Gasteiger partial charge in [-0.15, -0.1) is 10.2 Å². The molecule has 0 spiro atoms. The fraction of sp³-hybridized carbons (Fsp3) is 0.429. The molecule has 0 amide bonds. The summed E-state index contributed by atoms with van der Waals surface area (Å²) in [5.41, 5.74) is 2.21. The summed E-state index contributed by atoms with van der Waals surface area (Å²) in [5.74, 6) is 1.85. The zero-order valence-corrected chi connectivity index (χ0v) is 26.9. The maximum atomic E-state index is 5.34. The van der Waals surface area contributed by atoms with Crippen LogP contribution in [0, 0.1) is 0 Å². The Balaban J connectivity index is 0.000000168. The molecule has 4 aromatic rings. The van der Waals surface area contributed by atoms with Crippen molar-refractivity contribution in [3.05, 3.63) is 60.7 Å². The smallest absolute Gasteiger partial charge is 0.740 e. The van der Waals surface area contributed by atoms with E-state index in [2.05, 4.69) is 53.8 Å². The average Bonchev–Trinajstić information content (AvgIpc) is 3.53. The molecule has 6 nitrogen and oxygen atoms in total. The van der Waals surface area contributed by atoms with Crippen LogP contribution in [0.4, 0.5) is 0 Å². The molecule has 0 unspecified atom stereocenters. The zero-order chi connectivity index (χ0) is 24.7. The van der Waals surface area contributed by atoms with Crippen molar-refractivity contribution in [1.82, 2.24) is 29.5 Å². The van der Waals surface area contributed by atoms with E-state index in [9.17, 15) is 0 Å². The van der Waals surface area contributed by atoms with Gasteiger partial charge in [-0.2, -0.15) is 10.2 Å².